The third-order valence-corrected chi connectivity index (χ3v) is 5.47. The molecule has 3 aliphatic rings. The molecule has 21 heavy (non-hydrogen) atoms. The number of carbonyl (C=O) groups excluding carboxylic acids is 2. The van der Waals surface area contributed by atoms with Crippen LogP contribution < -0.4 is 5.32 Å². The van der Waals surface area contributed by atoms with E-state index in [1.807, 2.05) is 0 Å². The average Bonchev–Trinajstić information content (AvgIpc) is 3.21. The Morgan fingerprint density at radius 1 is 1.10 bits per heavy atom. The maximum absolute atomic E-state index is 12.1. The first-order valence-electron chi connectivity index (χ1n) is 8.18. The molecule has 4 atom stereocenters. The third kappa shape index (κ3) is 3.07. The van der Waals surface area contributed by atoms with Gasteiger partial charge < -0.3 is 14.8 Å². The van der Waals surface area contributed by atoms with Crippen molar-refractivity contribution >= 4 is 11.9 Å². The zero-order valence-corrected chi connectivity index (χ0v) is 12.7. The monoisotopic (exact) mass is 295 g/mol. The predicted molar refractivity (Wildman–Crippen MR) is 76.5 cm³/mol. The first-order valence-corrected chi connectivity index (χ1v) is 8.18. The van der Waals surface area contributed by atoms with E-state index in [1.165, 1.54) is 20.0 Å². The van der Waals surface area contributed by atoms with E-state index in [4.69, 9.17) is 9.47 Å². The summed E-state index contributed by atoms with van der Waals surface area (Å²) in [4.78, 5) is 24.1. The zero-order valence-electron chi connectivity index (χ0n) is 12.7. The first kappa shape index (κ1) is 14.8. The molecule has 5 nitrogen and oxygen atoms in total. The van der Waals surface area contributed by atoms with Gasteiger partial charge in [0.05, 0.1) is 19.1 Å². The molecule has 0 aliphatic heterocycles. The molecule has 0 aromatic heterocycles. The number of esters is 1. The van der Waals surface area contributed by atoms with Crippen molar-refractivity contribution in [3.05, 3.63) is 0 Å². The molecule has 0 spiro atoms. The summed E-state index contributed by atoms with van der Waals surface area (Å²) >= 11 is 0. The number of amides is 1. The van der Waals surface area contributed by atoms with Gasteiger partial charge in [0.25, 0.3) is 0 Å². The quantitative estimate of drug-likeness (QED) is 0.783. The van der Waals surface area contributed by atoms with Crippen LogP contribution in [-0.4, -0.2) is 37.7 Å². The number of hydrogen-bond donors (Lipinski definition) is 1. The van der Waals surface area contributed by atoms with Gasteiger partial charge in [-0.15, -0.1) is 0 Å². The van der Waals surface area contributed by atoms with Crippen LogP contribution in [-0.2, 0) is 19.1 Å². The van der Waals surface area contributed by atoms with Crippen molar-refractivity contribution in [1.82, 2.24) is 5.32 Å². The molecule has 0 heterocycles. The lowest BCUT2D eigenvalue weighted by molar-refractivity contribution is -0.148. The van der Waals surface area contributed by atoms with Gasteiger partial charge in [-0.3, -0.25) is 9.59 Å². The Morgan fingerprint density at radius 3 is 2.52 bits per heavy atom. The van der Waals surface area contributed by atoms with Gasteiger partial charge in [0.1, 0.15) is 6.61 Å². The molecule has 5 heteroatoms. The summed E-state index contributed by atoms with van der Waals surface area (Å²) in [6.07, 6.45) is 7.98. The Kier molecular flexibility index (Phi) is 4.48. The third-order valence-electron chi connectivity index (χ3n) is 5.47. The van der Waals surface area contributed by atoms with Crippen molar-refractivity contribution < 1.29 is 19.1 Å². The number of methoxy groups -OCH3 is 1. The van der Waals surface area contributed by atoms with Gasteiger partial charge in [0.15, 0.2) is 0 Å². The maximum Gasteiger partial charge on any atom is 0.311 e. The SMILES string of the molecule is COC(=O)[C@@H]1[C@H]2CC[C@@H](C2)[C@@H]1NC(=O)COC1CCCC1. The van der Waals surface area contributed by atoms with Crippen LogP contribution in [0.2, 0.25) is 0 Å². The number of nitrogens with one attached hydrogen (secondary N) is 1. The van der Waals surface area contributed by atoms with Gasteiger partial charge >= 0.3 is 5.97 Å². The van der Waals surface area contributed by atoms with E-state index in [1.54, 1.807) is 0 Å². The van der Waals surface area contributed by atoms with Crippen LogP contribution in [0.3, 0.4) is 0 Å². The second-order valence-electron chi connectivity index (χ2n) is 6.69. The number of carbonyl (C=O) groups is 2. The van der Waals surface area contributed by atoms with Crippen molar-refractivity contribution in [3.8, 4) is 0 Å². The fourth-order valence-corrected chi connectivity index (χ4v) is 4.45. The molecule has 3 saturated carbocycles. The smallest absolute Gasteiger partial charge is 0.311 e. The molecule has 3 fully saturated rings. The van der Waals surface area contributed by atoms with Crippen LogP contribution >= 0.6 is 0 Å². The maximum atomic E-state index is 12.1. The van der Waals surface area contributed by atoms with E-state index in [-0.39, 0.29) is 36.5 Å². The lowest BCUT2D eigenvalue weighted by Gasteiger charge is -2.29. The highest BCUT2D eigenvalue weighted by Crippen LogP contribution is 2.48. The van der Waals surface area contributed by atoms with E-state index in [0.29, 0.717) is 11.8 Å². The summed E-state index contributed by atoms with van der Waals surface area (Å²) in [7, 11) is 1.43. The molecule has 3 rings (SSSR count). The summed E-state index contributed by atoms with van der Waals surface area (Å²) in [6.45, 7) is 0.118. The highest BCUT2D eigenvalue weighted by molar-refractivity contribution is 5.80. The number of fused-ring (bicyclic) bond motifs is 2. The van der Waals surface area contributed by atoms with Crippen molar-refractivity contribution in [3.63, 3.8) is 0 Å². The predicted octanol–water partition coefficient (Wildman–Crippen LogP) is 1.65. The van der Waals surface area contributed by atoms with Gasteiger partial charge in [0.2, 0.25) is 5.91 Å². The van der Waals surface area contributed by atoms with Gasteiger partial charge in [0, 0.05) is 6.04 Å². The number of ether oxygens (including phenoxy) is 2. The van der Waals surface area contributed by atoms with Gasteiger partial charge in [-0.25, -0.2) is 0 Å². The van der Waals surface area contributed by atoms with Crippen LogP contribution in [0.4, 0.5) is 0 Å². The molecule has 3 aliphatic carbocycles. The Balaban J connectivity index is 1.52. The molecule has 118 valence electrons. The molecular weight excluding hydrogens is 270 g/mol. The van der Waals surface area contributed by atoms with Crippen molar-refractivity contribution in [2.75, 3.05) is 13.7 Å². The summed E-state index contributed by atoms with van der Waals surface area (Å²) in [5.74, 6) is 0.375. The van der Waals surface area contributed by atoms with Crippen molar-refractivity contribution in [2.45, 2.75) is 57.1 Å². The minimum absolute atomic E-state index is 0.0594. The summed E-state index contributed by atoms with van der Waals surface area (Å²) < 4.78 is 10.6. The lowest BCUT2D eigenvalue weighted by Crippen LogP contribution is -2.48. The van der Waals surface area contributed by atoms with Crippen LogP contribution in [0.25, 0.3) is 0 Å². The summed E-state index contributed by atoms with van der Waals surface area (Å²) in [5.41, 5.74) is 0. The van der Waals surface area contributed by atoms with Crippen LogP contribution in [0.1, 0.15) is 44.9 Å². The van der Waals surface area contributed by atoms with E-state index >= 15 is 0 Å². The second-order valence-corrected chi connectivity index (χ2v) is 6.69. The van der Waals surface area contributed by atoms with E-state index < -0.39 is 0 Å². The zero-order chi connectivity index (χ0) is 14.8. The summed E-state index contributed by atoms with van der Waals surface area (Å²) in [5, 5.41) is 3.03. The standard InChI is InChI=1S/C16H25NO4/c1-20-16(19)14-10-6-7-11(8-10)15(14)17-13(18)9-21-12-4-2-3-5-12/h10-12,14-15H,2-9H2,1H3,(H,17,18)/t10-,11-,14+,15-/m0/s1. The largest absolute Gasteiger partial charge is 0.469 e. The Labute approximate surface area is 125 Å². The molecule has 0 aromatic rings. The Bertz CT molecular complexity index is 405. The normalized spacial score (nSPS) is 35.1. The van der Waals surface area contributed by atoms with Gasteiger partial charge in [-0.1, -0.05) is 12.8 Å². The van der Waals surface area contributed by atoms with E-state index in [9.17, 15) is 9.59 Å². The number of hydrogen-bond acceptors (Lipinski definition) is 4. The van der Waals surface area contributed by atoms with Crippen LogP contribution in [0, 0.1) is 17.8 Å². The van der Waals surface area contributed by atoms with Gasteiger partial charge in [-0.05, 0) is 43.9 Å². The molecule has 0 saturated heterocycles. The van der Waals surface area contributed by atoms with Gasteiger partial charge in [-0.2, -0.15) is 0 Å². The first-order chi connectivity index (χ1) is 10.2. The number of rotatable bonds is 5. The van der Waals surface area contributed by atoms with E-state index in [2.05, 4.69) is 5.32 Å². The Hall–Kier alpha value is -1.10. The molecule has 0 radical (unpaired) electrons. The average molecular weight is 295 g/mol. The molecule has 0 unspecified atom stereocenters. The molecule has 1 N–H and O–H groups in total. The fourth-order valence-electron chi connectivity index (χ4n) is 4.45. The topological polar surface area (TPSA) is 64.6 Å². The molecule has 1 amide bonds. The highest BCUT2D eigenvalue weighted by atomic mass is 16.5. The molecular formula is C16H25NO4. The highest BCUT2D eigenvalue weighted by Gasteiger charge is 2.51. The fraction of sp³-hybridized carbons (Fsp3) is 0.875. The lowest BCUT2D eigenvalue weighted by atomic mass is 9.84. The van der Waals surface area contributed by atoms with Crippen LogP contribution in [0.15, 0.2) is 0 Å². The molecule has 0 aromatic carbocycles. The second kappa shape index (κ2) is 6.34. The minimum Gasteiger partial charge on any atom is -0.469 e. The van der Waals surface area contributed by atoms with Crippen molar-refractivity contribution in [2.24, 2.45) is 17.8 Å². The van der Waals surface area contributed by atoms with Crippen LogP contribution in [0.5, 0.6) is 0 Å². The van der Waals surface area contributed by atoms with E-state index in [0.717, 1.165) is 32.1 Å². The van der Waals surface area contributed by atoms with Crippen molar-refractivity contribution in [1.29, 1.82) is 0 Å². The summed E-state index contributed by atoms with van der Waals surface area (Å²) in [6, 6.07) is -0.0594. The Morgan fingerprint density at radius 2 is 1.81 bits per heavy atom. The molecule has 2 bridgehead atoms. The minimum atomic E-state index is -0.177.